The summed E-state index contributed by atoms with van der Waals surface area (Å²) in [6.07, 6.45) is 7.96. The fourth-order valence-electron chi connectivity index (χ4n) is 6.38. The molecule has 0 aromatic heterocycles. The third-order valence-electron chi connectivity index (χ3n) is 7.34. The van der Waals surface area contributed by atoms with Crippen molar-refractivity contribution in [1.82, 2.24) is 5.32 Å². The highest BCUT2D eigenvalue weighted by molar-refractivity contribution is 7.80. The van der Waals surface area contributed by atoms with Crippen molar-refractivity contribution in [2.45, 2.75) is 44.9 Å². The third-order valence-corrected chi connectivity index (χ3v) is 7.55. The molecule has 2 N–H and O–H groups in total. The van der Waals surface area contributed by atoms with Gasteiger partial charge in [-0.25, -0.2) is 0 Å². The monoisotopic (exact) mass is 434 g/mol. The van der Waals surface area contributed by atoms with E-state index in [2.05, 4.69) is 22.8 Å². The number of carbonyl (C=O) groups is 1. The second-order valence-corrected chi connectivity index (χ2v) is 10.1. The van der Waals surface area contributed by atoms with E-state index in [9.17, 15) is 4.79 Å². The van der Waals surface area contributed by atoms with Gasteiger partial charge in [-0.15, -0.1) is 0 Å². The summed E-state index contributed by atoms with van der Waals surface area (Å²) in [5, 5.41) is 6.56. The van der Waals surface area contributed by atoms with Gasteiger partial charge in [-0.1, -0.05) is 36.4 Å². The number of amides is 1. The van der Waals surface area contributed by atoms with E-state index in [1.807, 2.05) is 42.5 Å². The van der Waals surface area contributed by atoms with Crippen molar-refractivity contribution < 1.29 is 9.53 Å². The summed E-state index contributed by atoms with van der Waals surface area (Å²) in [6.45, 7) is 0.612. The van der Waals surface area contributed by atoms with Gasteiger partial charge in [0.15, 0.2) is 5.11 Å². The number of carbonyl (C=O) groups excluding carboxylic acids is 1. The quantitative estimate of drug-likeness (QED) is 0.603. The molecule has 0 unspecified atom stereocenters. The summed E-state index contributed by atoms with van der Waals surface area (Å²) in [7, 11) is 0. The maximum absolute atomic E-state index is 13.2. The Hall–Kier alpha value is -2.40. The van der Waals surface area contributed by atoms with Crippen molar-refractivity contribution in [3.05, 3.63) is 60.2 Å². The zero-order chi connectivity index (χ0) is 21.3. The lowest BCUT2D eigenvalue weighted by atomic mass is 9.49. The lowest BCUT2D eigenvalue weighted by Gasteiger charge is -2.55. The van der Waals surface area contributed by atoms with E-state index in [0.717, 1.165) is 54.9 Å². The molecule has 4 nitrogen and oxygen atoms in total. The predicted octanol–water partition coefficient (Wildman–Crippen LogP) is 5.34. The van der Waals surface area contributed by atoms with Crippen molar-refractivity contribution in [1.29, 1.82) is 0 Å². The Labute approximate surface area is 189 Å². The van der Waals surface area contributed by atoms with E-state index in [1.165, 1.54) is 24.8 Å². The smallest absolute Gasteiger partial charge is 0.232 e. The summed E-state index contributed by atoms with van der Waals surface area (Å²) in [5.74, 6) is 3.13. The van der Waals surface area contributed by atoms with E-state index < -0.39 is 0 Å². The average molecular weight is 435 g/mol. The second-order valence-electron chi connectivity index (χ2n) is 9.72. The van der Waals surface area contributed by atoms with E-state index >= 15 is 0 Å². The molecule has 6 rings (SSSR count). The molecule has 31 heavy (non-hydrogen) atoms. The fourth-order valence-corrected chi connectivity index (χ4v) is 6.59. The minimum absolute atomic E-state index is 0.124. The molecule has 2 aromatic carbocycles. The molecule has 4 saturated carbocycles. The first-order valence-corrected chi connectivity index (χ1v) is 11.9. The summed E-state index contributed by atoms with van der Waals surface area (Å²) in [4.78, 5) is 13.2. The first kappa shape index (κ1) is 20.5. The van der Waals surface area contributed by atoms with E-state index in [4.69, 9.17) is 17.0 Å². The molecule has 0 atom stereocenters. The van der Waals surface area contributed by atoms with Gasteiger partial charge in [0.1, 0.15) is 5.75 Å². The standard InChI is InChI=1S/C26H30N2O2S/c29-24(26-15-19-11-20(16-26)13-21(12-19)17-26)28-25(31)27-22-7-4-8-23(14-22)30-10-9-18-5-2-1-3-6-18/h1-8,14,19-21H,9-13,15-17H2,(H2,27,28,29,31). The number of rotatable bonds is 6. The number of nitrogens with one attached hydrogen (secondary N) is 2. The summed E-state index contributed by atoms with van der Waals surface area (Å²) in [5.41, 5.74) is 1.89. The SMILES string of the molecule is O=C(NC(=S)Nc1cccc(OCCc2ccccc2)c1)C12CC3CC(CC(C3)C1)C2. The maximum atomic E-state index is 13.2. The van der Waals surface area contributed by atoms with Gasteiger partial charge < -0.3 is 15.4 Å². The van der Waals surface area contributed by atoms with Crippen LogP contribution in [0, 0.1) is 23.2 Å². The van der Waals surface area contributed by atoms with Crippen LogP contribution in [0.2, 0.25) is 0 Å². The molecule has 0 aliphatic heterocycles. The first-order valence-electron chi connectivity index (χ1n) is 11.5. The molecule has 4 bridgehead atoms. The number of benzene rings is 2. The van der Waals surface area contributed by atoms with Gasteiger partial charge >= 0.3 is 0 Å². The van der Waals surface area contributed by atoms with Crippen LogP contribution in [0.15, 0.2) is 54.6 Å². The minimum Gasteiger partial charge on any atom is -0.493 e. The second kappa shape index (κ2) is 8.62. The van der Waals surface area contributed by atoms with Crippen LogP contribution >= 0.6 is 12.2 Å². The van der Waals surface area contributed by atoms with Gasteiger partial charge in [0.25, 0.3) is 0 Å². The molecule has 1 amide bonds. The van der Waals surface area contributed by atoms with Gasteiger partial charge in [-0.3, -0.25) is 4.79 Å². The van der Waals surface area contributed by atoms with Gasteiger partial charge in [-0.2, -0.15) is 0 Å². The lowest BCUT2D eigenvalue weighted by Crippen LogP contribution is -2.55. The Bertz CT molecular complexity index is 924. The molecular weight excluding hydrogens is 404 g/mol. The van der Waals surface area contributed by atoms with Crippen LogP contribution in [-0.2, 0) is 11.2 Å². The Balaban J connectivity index is 1.14. The molecule has 4 aliphatic carbocycles. The van der Waals surface area contributed by atoms with Crippen molar-refractivity contribution in [2.24, 2.45) is 23.2 Å². The predicted molar refractivity (Wildman–Crippen MR) is 127 cm³/mol. The van der Waals surface area contributed by atoms with E-state index in [0.29, 0.717) is 11.7 Å². The number of ether oxygens (including phenoxy) is 1. The Morgan fingerprint density at radius 1 is 0.968 bits per heavy atom. The molecule has 4 fully saturated rings. The molecule has 4 aliphatic rings. The van der Waals surface area contributed by atoms with Gasteiger partial charge in [0.05, 0.1) is 12.0 Å². The Kier molecular flexibility index (Phi) is 5.70. The molecule has 0 spiro atoms. The Morgan fingerprint density at radius 2 is 1.65 bits per heavy atom. The summed E-state index contributed by atoms with van der Waals surface area (Å²) in [6, 6.07) is 18.0. The minimum atomic E-state index is -0.192. The number of thiocarbonyl (C=S) groups is 1. The van der Waals surface area contributed by atoms with Gasteiger partial charge in [-0.05, 0) is 86.2 Å². The van der Waals surface area contributed by atoms with Crippen LogP contribution in [0.25, 0.3) is 0 Å². The summed E-state index contributed by atoms with van der Waals surface area (Å²) >= 11 is 5.48. The van der Waals surface area contributed by atoms with Crippen molar-refractivity contribution >= 4 is 28.9 Å². The molecule has 2 aromatic rings. The van der Waals surface area contributed by atoms with Gasteiger partial charge in [0, 0.05) is 18.2 Å². The molecule has 0 heterocycles. The highest BCUT2D eigenvalue weighted by Crippen LogP contribution is 2.60. The number of anilines is 1. The van der Waals surface area contributed by atoms with Crippen molar-refractivity contribution in [3.8, 4) is 5.75 Å². The number of hydrogen-bond acceptors (Lipinski definition) is 3. The molecule has 162 valence electrons. The van der Waals surface area contributed by atoms with Crippen LogP contribution in [-0.4, -0.2) is 17.6 Å². The van der Waals surface area contributed by atoms with Gasteiger partial charge in [0.2, 0.25) is 5.91 Å². The largest absolute Gasteiger partial charge is 0.493 e. The van der Waals surface area contributed by atoms with E-state index in [-0.39, 0.29) is 11.3 Å². The zero-order valence-electron chi connectivity index (χ0n) is 17.8. The Morgan fingerprint density at radius 3 is 2.32 bits per heavy atom. The van der Waals surface area contributed by atoms with Crippen molar-refractivity contribution in [2.75, 3.05) is 11.9 Å². The maximum Gasteiger partial charge on any atom is 0.232 e. The fraction of sp³-hybridized carbons (Fsp3) is 0.462. The van der Waals surface area contributed by atoms with Crippen LogP contribution < -0.4 is 15.4 Å². The van der Waals surface area contributed by atoms with Crippen LogP contribution in [0.1, 0.15) is 44.1 Å². The highest BCUT2D eigenvalue weighted by atomic mass is 32.1. The summed E-state index contributed by atoms with van der Waals surface area (Å²) < 4.78 is 5.91. The number of hydrogen-bond donors (Lipinski definition) is 2. The normalized spacial score (nSPS) is 28.2. The molecule has 0 radical (unpaired) electrons. The average Bonchev–Trinajstić information content (AvgIpc) is 2.74. The molecule has 5 heteroatoms. The van der Waals surface area contributed by atoms with Crippen LogP contribution in [0.3, 0.4) is 0 Å². The van der Waals surface area contributed by atoms with Crippen LogP contribution in [0.5, 0.6) is 5.75 Å². The molecular formula is C26H30N2O2S. The highest BCUT2D eigenvalue weighted by Gasteiger charge is 2.54. The lowest BCUT2D eigenvalue weighted by molar-refractivity contribution is -0.144. The van der Waals surface area contributed by atoms with Crippen LogP contribution in [0.4, 0.5) is 5.69 Å². The van der Waals surface area contributed by atoms with Crippen molar-refractivity contribution in [3.63, 3.8) is 0 Å². The topological polar surface area (TPSA) is 50.4 Å². The third kappa shape index (κ3) is 4.62. The first-order chi connectivity index (χ1) is 15.1. The van der Waals surface area contributed by atoms with E-state index in [1.54, 1.807) is 0 Å². The molecule has 0 saturated heterocycles. The zero-order valence-corrected chi connectivity index (χ0v) is 18.6.